The van der Waals surface area contributed by atoms with Gasteiger partial charge in [0.2, 0.25) is 0 Å². The average Bonchev–Trinajstić information content (AvgIpc) is 2.64. The Labute approximate surface area is 141 Å². The molecule has 1 aliphatic carbocycles. The number of carbonyl (C=O) groups is 1. The van der Waals surface area contributed by atoms with Crippen LogP contribution in [0.4, 0.5) is 4.39 Å². The number of benzene rings is 1. The lowest BCUT2D eigenvalue weighted by molar-refractivity contribution is -0.107. The minimum Gasteiger partial charge on any atom is -0.493 e. The number of aromatic nitrogens is 1. The van der Waals surface area contributed by atoms with Gasteiger partial charge >= 0.3 is 0 Å². The van der Waals surface area contributed by atoms with Gasteiger partial charge in [-0.2, -0.15) is 0 Å². The number of ether oxygens (including phenoxy) is 1. The van der Waals surface area contributed by atoms with Crippen molar-refractivity contribution < 1.29 is 13.9 Å². The highest BCUT2D eigenvalue weighted by molar-refractivity contribution is 5.64. The van der Waals surface area contributed by atoms with Gasteiger partial charge < -0.3 is 9.53 Å². The fourth-order valence-electron chi connectivity index (χ4n) is 2.99. The van der Waals surface area contributed by atoms with Crippen LogP contribution in [0.2, 0.25) is 0 Å². The normalized spacial score (nSPS) is 17.6. The van der Waals surface area contributed by atoms with Crippen molar-refractivity contribution in [3.63, 3.8) is 0 Å². The van der Waals surface area contributed by atoms with E-state index in [0.717, 1.165) is 48.3 Å². The van der Waals surface area contributed by atoms with Crippen molar-refractivity contribution in [3.05, 3.63) is 65.0 Å². The summed E-state index contributed by atoms with van der Waals surface area (Å²) in [5, 5.41) is 0. The van der Waals surface area contributed by atoms with E-state index in [0.29, 0.717) is 12.8 Å². The van der Waals surface area contributed by atoms with Gasteiger partial charge in [-0.05, 0) is 42.2 Å². The van der Waals surface area contributed by atoms with E-state index in [1.54, 1.807) is 6.20 Å². The van der Waals surface area contributed by atoms with Gasteiger partial charge in [-0.1, -0.05) is 24.3 Å². The van der Waals surface area contributed by atoms with Crippen LogP contribution in [0.5, 0.6) is 5.75 Å². The summed E-state index contributed by atoms with van der Waals surface area (Å²) in [6, 6.07) is 9.31. The maximum atomic E-state index is 13.7. The van der Waals surface area contributed by atoms with Crippen LogP contribution in [0.3, 0.4) is 0 Å². The van der Waals surface area contributed by atoms with Crippen molar-refractivity contribution in [1.29, 1.82) is 0 Å². The lowest BCUT2D eigenvalue weighted by atomic mass is 9.89. The summed E-state index contributed by atoms with van der Waals surface area (Å²) < 4.78 is 19.2. The Morgan fingerprint density at radius 2 is 2.21 bits per heavy atom. The summed E-state index contributed by atoms with van der Waals surface area (Å²) in [5.74, 6) is 0.943. The van der Waals surface area contributed by atoms with Gasteiger partial charge in [0.25, 0.3) is 0 Å². The van der Waals surface area contributed by atoms with E-state index in [1.807, 2.05) is 42.5 Å². The van der Waals surface area contributed by atoms with Gasteiger partial charge in [-0.3, -0.25) is 4.98 Å². The number of rotatable bonds is 2. The van der Waals surface area contributed by atoms with E-state index in [-0.39, 0.29) is 0 Å². The summed E-state index contributed by atoms with van der Waals surface area (Å²) in [5.41, 5.74) is 3.91. The largest absolute Gasteiger partial charge is 0.493 e. The molecule has 24 heavy (non-hydrogen) atoms. The van der Waals surface area contributed by atoms with Crippen molar-refractivity contribution in [2.24, 2.45) is 0 Å². The Balaban J connectivity index is 0.000000162. The van der Waals surface area contributed by atoms with E-state index in [1.165, 1.54) is 5.56 Å². The number of hydrogen-bond acceptors (Lipinski definition) is 3. The van der Waals surface area contributed by atoms with Crippen LogP contribution < -0.4 is 4.74 Å². The summed E-state index contributed by atoms with van der Waals surface area (Å²) in [6.45, 7) is 0.786. The third kappa shape index (κ3) is 3.70. The number of carbonyl (C=O) groups excluding carboxylic acids is 1. The molecule has 0 saturated carbocycles. The molecule has 0 fully saturated rings. The molecule has 1 aromatic heterocycles. The summed E-state index contributed by atoms with van der Waals surface area (Å²) in [7, 11) is 0. The molecule has 2 aromatic rings. The number of aldehydes is 1. The van der Waals surface area contributed by atoms with E-state index in [4.69, 9.17) is 4.74 Å². The number of halogens is 1. The molecule has 2 heterocycles. The quantitative estimate of drug-likeness (QED) is 0.774. The number of pyridine rings is 1. The zero-order valence-corrected chi connectivity index (χ0v) is 13.5. The molecule has 0 spiro atoms. The molecule has 0 bridgehead atoms. The highest BCUT2D eigenvalue weighted by atomic mass is 19.1. The highest BCUT2D eigenvalue weighted by Crippen LogP contribution is 2.38. The van der Waals surface area contributed by atoms with Crippen molar-refractivity contribution >= 4 is 12.4 Å². The van der Waals surface area contributed by atoms with Crippen molar-refractivity contribution in [2.75, 3.05) is 6.61 Å². The topological polar surface area (TPSA) is 39.2 Å². The number of hydrogen-bond donors (Lipinski definition) is 0. The molecule has 0 N–H and O–H groups in total. The molecular formula is C20H20FNO2. The lowest BCUT2D eigenvalue weighted by Crippen LogP contribution is -2.12. The van der Waals surface area contributed by atoms with Crippen molar-refractivity contribution in [1.82, 2.24) is 4.98 Å². The molecule has 1 aliphatic heterocycles. The first kappa shape index (κ1) is 16.4. The molecule has 1 aromatic carbocycles. The third-order valence-corrected chi connectivity index (χ3v) is 4.16. The smallest absolute Gasteiger partial charge is 0.129 e. The SMILES string of the molecule is FC1CC=Cc2c1ccc1c2CCCO1.O=CCc1ccccn1. The van der Waals surface area contributed by atoms with E-state index in [2.05, 4.69) is 4.98 Å². The molecule has 0 radical (unpaired) electrons. The number of fused-ring (bicyclic) bond motifs is 3. The minimum absolute atomic E-state index is 0.417. The van der Waals surface area contributed by atoms with E-state index < -0.39 is 6.17 Å². The van der Waals surface area contributed by atoms with Crippen LogP contribution in [0.1, 0.15) is 41.4 Å². The molecule has 4 rings (SSSR count). The monoisotopic (exact) mass is 325 g/mol. The predicted molar refractivity (Wildman–Crippen MR) is 91.8 cm³/mol. The Bertz CT molecular complexity index is 728. The van der Waals surface area contributed by atoms with Crippen molar-refractivity contribution in [3.8, 4) is 5.75 Å². The van der Waals surface area contributed by atoms with Crippen molar-refractivity contribution in [2.45, 2.75) is 31.9 Å². The zero-order valence-electron chi connectivity index (χ0n) is 13.5. The fraction of sp³-hybridized carbons (Fsp3) is 0.300. The second-order valence-electron chi connectivity index (χ2n) is 5.79. The molecule has 2 aliphatic rings. The number of nitrogens with zero attached hydrogens (tertiary/aromatic N) is 1. The van der Waals surface area contributed by atoms with Gasteiger partial charge in [0.05, 0.1) is 6.61 Å². The van der Waals surface area contributed by atoms with Crippen LogP contribution in [0, 0.1) is 0 Å². The summed E-state index contributed by atoms with van der Waals surface area (Å²) >= 11 is 0. The molecule has 4 heteroatoms. The molecule has 0 saturated heterocycles. The van der Waals surface area contributed by atoms with Crippen LogP contribution in [0.15, 0.2) is 42.6 Å². The van der Waals surface area contributed by atoms with Gasteiger partial charge in [0.1, 0.15) is 18.2 Å². The fourth-order valence-corrected chi connectivity index (χ4v) is 2.99. The molecule has 124 valence electrons. The standard InChI is InChI=1S/C13H13FO.C7H7NO/c14-12-5-1-3-9-10(12)6-7-13-11(9)4-2-8-15-13;9-6-4-7-3-1-2-5-8-7/h1,3,6-7,12H,2,4-5,8H2;1-3,5-6H,4H2. The first-order chi connectivity index (χ1) is 11.8. The Morgan fingerprint density at radius 3 is 3.00 bits per heavy atom. The van der Waals surface area contributed by atoms with Crippen LogP contribution in [0.25, 0.3) is 6.08 Å². The first-order valence-corrected chi connectivity index (χ1v) is 8.22. The second kappa shape index (κ2) is 7.86. The first-order valence-electron chi connectivity index (χ1n) is 8.22. The Hall–Kier alpha value is -2.49. The number of alkyl halides is 1. The van der Waals surface area contributed by atoms with Crippen LogP contribution >= 0.6 is 0 Å². The Morgan fingerprint density at radius 1 is 1.29 bits per heavy atom. The average molecular weight is 325 g/mol. The second-order valence-corrected chi connectivity index (χ2v) is 5.79. The molecule has 1 unspecified atom stereocenters. The van der Waals surface area contributed by atoms with E-state index >= 15 is 0 Å². The molecule has 1 atom stereocenters. The molecular weight excluding hydrogens is 305 g/mol. The molecule has 3 nitrogen and oxygen atoms in total. The maximum absolute atomic E-state index is 13.7. The van der Waals surface area contributed by atoms with Gasteiger partial charge in [-0.25, -0.2) is 4.39 Å². The summed E-state index contributed by atoms with van der Waals surface area (Å²) in [6.07, 6.45) is 8.62. The Kier molecular flexibility index (Phi) is 5.36. The molecule has 0 amide bonds. The van der Waals surface area contributed by atoms with Crippen LogP contribution in [-0.2, 0) is 17.6 Å². The van der Waals surface area contributed by atoms with Gasteiger partial charge in [0, 0.05) is 30.3 Å². The van der Waals surface area contributed by atoms with Gasteiger partial charge in [-0.15, -0.1) is 0 Å². The maximum Gasteiger partial charge on any atom is 0.129 e. The number of allylic oxidation sites excluding steroid dienone is 1. The highest BCUT2D eigenvalue weighted by Gasteiger charge is 2.22. The zero-order chi connectivity index (χ0) is 16.8. The minimum atomic E-state index is -0.836. The van der Waals surface area contributed by atoms with Gasteiger partial charge in [0.15, 0.2) is 0 Å². The summed E-state index contributed by atoms with van der Waals surface area (Å²) in [4.78, 5) is 13.9. The van der Waals surface area contributed by atoms with Crippen LogP contribution in [-0.4, -0.2) is 17.9 Å². The third-order valence-electron chi connectivity index (χ3n) is 4.16. The predicted octanol–water partition coefficient (Wildman–Crippen LogP) is 4.26. The van der Waals surface area contributed by atoms with E-state index in [9.17, 15) is 9.18 Å². The lowest BCUT2D eigenvalue weighted by Gasteiger charge is -2.24.